The molecule has 0 bridgehead atoms. The molecule has 0 amide bonds. The lowest BCUT2D eigenvalue weighted by Crippen LogP contribution is -2.38. The minimum absolute atomic E-state index is 0.887. The fourth-order valence-corrected chi connectivity index (χ4v) is 5.32. The molecule has 0 radical (unpaired) electrons. The first-order valence-electron chi connectivity index (χ1n) is 10.5. The van der Waals surface area contributed by atoms with Gasteiger partial charge in [0.05, 0.1) is 0 Å². The van der Waals surface area contributed by atoms with Crippen LogP contribution in [0.25, 0.3) is 0 Å². The molecule has 2 aliphatic carbocycles. The summed E-state index contributed by atoms with van der Waals surface area (Å²) in [7, 11) is 4.53. The van der Waals surface area contributed by atoms with Crippen molar-refractivity contribution in [1.82, 2.24) is 12.9 Å². The Morgan fingerprint density at radius 1 is 1.16 bits per heavy atom. The maximum Gasteiger partial charge on any atom is 0.0198 e. The quantitative estimate of drug-likeness (QED) is 0.305. The van der Waals surface area contributed by atoms with Crippen molar-refractivity contribution in [3.63, 3.8) is 0 Å². The minimum Gasteiger partial charge on any atom is -0.305 e. The van der Waals surface area contributed by atoms with E-state index in [1.165, 1.54) is 77.8 Å². The van der Waals surface area contributed by atoms with Crippen molar-refractivity contribution in [2.24, 2.45) is 23.7 Å². The smallest absolute Gasteiger partial charge is 0.0198 e. The van der Waals surface area contributed by atoms with Crippen molar-refractivity contribution in [1.29, 1.82) is 0 Å². The zero-order valence-electron chi connectivity index (χ0n) is 16.6. The van der Waals surface area contributed by atoms with Crippen LogP contribution in [0.5, 0.6) is 0 Å². The molecule has 144 valence electrons. The highest BCUT2D eigenvalue weighted by Crippen LogP contribution is 2.47. The van der Waals surface area contributed by atoms with Gasteiger partial charge in [0, 0.05) is 49.0 Å². The maximum absolute atomic E-state index is 2.68. The van der Waals surface area contributed by atoms with E-state index in [0.29, 0.717) is 0 Å². The van der Waals surface area contributed by atoms with Gasteiger partial charge in [-0.15, -0.1) is 0 Å². The lowest BCUT2D eigenvalue weighted by atomic mass is 9.87. The molecule has 0 aromatic rings. The van der Waals surface area contributed by atoms with E-state index in [2.05, 4.69) is 62.9 Å². The Morgan fingerprint density at radius 3 is 2.56 bits per heavy atom. The van der Waals surface area contributed by atoms with Gasteiger partial charge in [-0.3, -0.25) is 3.11 Å². The third kappa shape index (κ3) is 6.47. The number of allylic oxidation sites excluding steroid dienone is 2. The van der Waals surface area contributed by atoms with Crippen molar-refractivity contribution in [2.75, 3.05) is 53.4 Å². The first-order valence-corrected chi connectivity index (χ1v) is 11.4. The summed E-state index contributed by atoms with van der Waals surface area (Å²) >= 11 is 2.42. The van der Waals surface area contributed by atoms with E-state index in [1.807, 2.05) is 0 Å². The molecule has 0 aromatic carbocycles. The van der Waals surface area contributed by atoms with Crippen molar-refractivity contribution in [3.8, 4) is 0 Å². The van der Waals surface area contributed by atoms with Gasteiger partial charge in [-0.1, -0.05) is 18.6 Å². The Kier molecular flexibility index (Phi) is 7.65. The molecule has 3 aliphatic rings. The highest BCUT2D eigenvalue weighted by atomic mass is 127. The second-order valence-corrected chi connectivity index (χ2v) is 10.7. The van der Waals surface area contributed by atoms with E-state index in [1.54, 1.807) is 5.57 Å². The third-order valence-electron chi connectivity index (χ3n) is 6.68. The molecule has 1 heterocycles. The summed E-state index contributed by atoms with van der Waals surface area (Å²) in [5, 5.41) is 0. The molecule has 4 heteroatoms. The fourth-order valence-electron chi connectivity index (χ4n) is 4.76. The van der Waals surface area contributed by atoms with Gasteiger partial charge in [-0.2, -0.15) is 0 Å². The molecule has 3 rings (SSSR count). The number of nitrogens with zero attached hydrogens (tertiary/aromatic N) is 3. The zero-order valence-corrected chi connectivity index (χ0v) is 18.7. The summed E-state index contributed by atoms with van der Waals surface area (Å²) in [5.41, 5.74) is 1.80. The normalized spacial score (nSPS) is 31.6. The van der Waals surface area contributed by atoms with Crippen LogP contribution >= 0.6 is 22.9 Å². The number of rotatable bonds is 8. The van der Waals surface area contributed by atoms with Crippen LogP contribution in [0.15, 0.2) is 11.6 Å². The SMILES string of the molecule is CC1CCN(CCN(C)CC2CC2C2=CCC(CN(C)I)CC2)CC1. The number of piperidine rings is 1. The second-order valence-electron chi connectivity index (χ2n) is 9.10. The van der Waals surface area contributed by atoms with E-state index in [0.717, 1.165) is 23.7 Å². The third-order valence-corrected chi connectivity index (χ3v) is 7.08. The van der Waals surface area contributed by atoms with Gasteiger partial charge >= 0.3 is 0 Å². The van der Waals surface area contributed by atoms with Gasteiger partial charge in [0.15, 0.2) is 0 Å². The highest BCUT2D eigenvalue weighted by Gasteiger charge is 2.40. The van der Waals surface area contributed by atoms with Crippen LogP contribution in [-0.4, -0.2) is 66.3 Å². The molecular formula is C21H38IN3. The number of likely N-dealkylation sites (N-methyl/N-ethyl adjacent to an activating group) is 1. The van der Waals surface area contributed by atoms with Crippen molar-refractivity contribution >= 4 is 22.9 Å². The van der Waals surface area contributed by atoms with Crippen LogP contribution in [0, 0.1) is 23.7 Å². The summed E-state index contributed by atoms with van der Waals surface area (Å²) in [6.07, 6.45) is 10.9. The Balaban J connectivity index is 1.32. The fraction of sp³-hybridized carbons (Fsp3) is 0.905. The Morgan fingerprint density at radius 2 is 1.92 bits per heavy atom. The van der Waals surface area contributed by atoms with E-state index in [-0.39, 0.29) is 0 Å². The van der Waals surface area contributed by atoms with Crippen LogP contribution in [0.1, 0.15) is 45.4 Å². The molecule has 25 heavy (non-hydrogen) atoms. The minimum atomic E-state index is 0.887. The Hall–Kier alpha value is 0.350. The molecule has 1 aliphatic heterocycles. The monoisotopic (exact) mass is 459 g/mol. The predicted octanol–water partition coefficient (Wildman–Crippen LogP) is 4.29. The van der Waals surface area contributed by atoms with Crippen molar-refractivity contribution < 1.29 is 0 Å². The predicted molar refractivity (Wildman–Crippen MR) is 116 cm³/mol. The van der Waals surface area contributed by atoms with Crippen molar-refractivity contribution in [3.05, 3.63) is 11.6 Å². The molecule has 1 saturated carbocycles. The van der Waals surface area contributed by atoms with Gasteiger partial charge in [-0.05, 0) is 89.4 Å². The van der Waals surface area contributed by atoms with E-state index in [9.17, 15) is 0 Å². The zero-order chi connectivity index (χ0) is 17.8. The molecule has 1 saturated heterocycles. The molecule has 0 spiro atoms. The summed E-state index contributed by atoms with van der Waals surface area (Å²) in [6, 6.07) is 0. The largest absolute Gasteiger partial charge is 0.305 e. The maximum atomic E-state index is 2.68. The van der Waals surface area contributed by atoms with E-state index >= 15 is 0 Å². The molecule has 2 fully saturated rings. The van der Waals surface area contributed by atoms with Gasteiger partial charge in [-0.25, -0.2) is 0 Å². The summed E-state index contributed by atoms with van der Waals surface area (Å²) < 4.78 is 2.32. The van der Waals surface area contributed by atoms with E-state index < -0.39 is 0 Å². The van der Waals surface area contributed by atoms with Gasteiger partial charge in [0.25, 0.3) is 0 Å². The van der Waals surface area contributed by atoms with Crippen LogP contribution in [0.3, 0.4) is 0 Å². The average molecular weight is 459 g/mol. The number of hydrogen-bond acceptors (Lipinski definition) is 3. The molecule has 0 N–H and O–H groups in total. The molecule has 3 nitrogen and oxygen atoms in total. The van der Waals surface area contributed by atoms with E-state index in [4.69, 9.17) is 0 Å². The van der Waals surface area contributed by atoms with Crippen LogP contribution in [0.4, 0.5) is 0 Å². The number of likely N-dealkylation sites (tertiary alicyclic amines) is 1. The van der Waals surface area contributed by atoms with Gasteiger partial charge < -0.3 is 9.80 Å². The van der Waals surface area contributed by atoms with Gasteiger partial charge in [0.1, 0.15) is 0 Å². The molecular weight excluding hydrogens is 421 g/mol. The average Bonchev–Trinajstić information content (AvgIpc) is 3.33. The first-order chi connectivity index (χ1) is 12.0. The summed E-state index contributed by atoms with van der Waals surface area (Å²) in [6.45, 7) is 10.1. The van der Waals surface area contributed by atoms with Gasteiger partial charge in [0.2, 0.25) is 0 Å². The number of hydrogen-bond donors (Lipinski definition) is 0. The lowest BCUT2D eigenvalue weighted by molar-refractivity contribution is 0.168. The van der Waals surface area contributed by atoms with Crippen LogP contribution in [0.2, 0.25) is 0 Å². The molecule has 3 unspecified atom stereocenters. The Bertz CT molecular complexity index is 442. The van der Waals surface area contributed by atoms with Crippen molar-refractivity contribution in [2.45, 2.75) is 45.4 Å². The lowest BCUT2D eigenvalue weighted by Gasteiger charge is -2.31. The highest BCUT2D eigenvalue weighted by molar-refractivity contribution is 14.1. The first kappa shape index (κ1) is 20.1. The summed E-state index contributed by atoms with van der Waals surface area (Å²) in [4.78, 5) is 5.27. The standard InChI is InChI=1S/C21H38IN3/c1-17-8-10-25(11-9-17)13-12-23(2)16-20-14-21(20)19-6-4-18(5-7-19)15-24(3)22/h6,17-18,20-21H,4-5,7-16H2,1-3H3. The van der Waals surface area contributed by atoms with Crippen LogP contribution in [-0.2, 0) is 0 Å². The summed E-state index contributed by atoms with van der Waals surface area (Å²) in [5.74, 6) is 3.71. The Labute approximate surface area is 169 Å². The molecule has 0 aromatic heterocycles. The van der Waals surface area contributed by atoms with Crippen LogP contribution < -0.4 is 0 Å². The topological polar surface area (TPSA) is 9.72 Å². The number of halogens is 1. The molecule has 3 atom stereocenters. The second kappa shape index (κ2) is 9.52.